The number of aryl methyl sites for hydroxylation is 1. The van der Waals surface area contributed by atoms with Crippen molar-refractivity contribution < 1.29 is 15.0 Å². The van der Waals surface area contributed by atoms with Crippen molar-refractivity contribution in [3.63, 3.8) is 0 Å². The van der Waals surface area contributed by atoms with Crippen LogP contribution in [0.2, 0.25) is 0 Å². The molecule has 0 aliphatic rings. The van der Waals surface area contributed by atoms with Gasteiger partial charge < -0.3 is 10.2 Å². The number of carboxylic acid groups (broad SMARTS) is 1. The van der Waals surface area contributed by atoms with Crippen LogP contribution in [0.1, 0.15) is 18.2 Å². The summed E-state index contributed by atoms with van der Waals surface area (Å²) < 4.78 is 1.51. The fourth-order valence-electron chi connectivity index (χ4n) is 0.881. The van der Waals surface area contributed by atoms with Crippen LogP contribution in [-0.4, -0.2) is 26.0 Å². The zero-order valence-electron chi connectivity index (χ0n) is 6.64. The number of aliphatic carboxylic acids is 1. The van der Waals surface area contributed by atoms with E-state index in [1.54, 1.807) is 19.3 Å². The van der Waals surface area contributed by atoms with E-state index in [4.69, 9.17) is 5.11 Å². The van der Waals surface area contributed by atoms with E-state index in [2.05, 4.69) is 5.10 Å². The van der Waals surface area contributed by atoms with Crippen molar-refractivity contribution in [3.8, 4) is 0 Å². The first-order chi connectivity index (χ1) is 5.59. The predicted octanol–water partition coefficient (Wildman–Crippen LogP) is -0.0718. The maximum Gasteiger partial charge on any atom is 0.306 e. The smallest absolute Gasteiger partial charge is 0.306 e. The van der Waals surface area contributed by atoms with Gasteiger partial charge in [-0.15, -0.1) is 0 Å². The first kappa shape index (κ1) is 8.73. The van der Waals surface area contributed by atoms with Gasteiger partial charge in [0.25, 0.3) is 0 Å². The fourth-order valence-corrected chi connectivity index (χ4v) is 0.881. The third-order valence-corrected chi connectivity index (χ3v) is 1.44. The molecule has 1 rings (SSSR count). The van der Waals surface area contributed by atoms with Gasteiger partial charge in [-0.2, -0.15) is 5.10 Å². The van der Waals surface area contributed by atoms with Gasteiger partial charge in [0, 0.05) is 13.2 Å². The third kappa shape index (κ3) is 2.06. The molecule has 1 heterocycles. The molecule has 5 heteroatoms. The van der Waals surface area contributed by atoms with E-state index < -0.39 is 12.1 Å². The highest BCUT2D eigenvalue weighted by Gasteiger charge is 2.13. The highest BCUT2D eigenvalue weighted by molar-refractivity contribution is 5.67. The lowest BCUT2D eigenvalue weighted by atomic mass is 10.2. The average molecular weight is 170 g/mol. The van der Waals surface area contributed by atoms with Crippen LogP contribution < -0.4 is 0 Å². The van der Waals surface area contributed by atoms with Crippen LogP contribution in [0.15, 0.2) is 12.3 Å². The Labute approximate surface area is 69.2 Å². The van der Waals surface area contributed by atoms with Gasteiger partial charge in [-0.3, -0.25) is 9.48 Å². The minimum Gasteiger partial charge on any atom is -0.481 e. The normalized spacial score (nSPS) is 12.8. The van der Waals surface area contributed by atoms with Crippen molar-refractivity contribution in [2.24, 2.45) is 7.05 Å². The lowest BCUT2D eigenvalue weighted by Crippen LogP contribution is -2.06. The Kier molecular flexibility index (Phi) is 2.44. The summed E-state index contributed by atoms with van der Waals surface area (Å²) in [5, 5.41) is 21.5. The SMILES string of the molecule is Cn1ccc([C@@H](O)CC(=O)O)n1. The Morgan fingerprint density at radius 2 is 2.50 bits per heavy atom. The molecule has 1 atom stereocenters. The molecular weight excluding hydrogens is 160 g/mol. The van der Waals surface area contributed by atoms with E-state index >= 15 is 0 Å². The number of carbonyl (C=O) groups is 1. The van der Waals surface area contributed by atoms with Gasteiger partial charge in [-0.05, 0) is 6.07 Å². The summed E-state index contributed by atoms with van der Waals surface area (Å²) >= 11 is 0. The molecule has 0 aromatic carbocycles. The van der Waals surface area contributed by atoms with Gasteiger partial charge in [0.1, 0.15) is 6.10 Å². The number of hydrogen-bond donors (Lipinski definition) is 2. The lowest BCUT2D eigenvalue weighted by Gasteiger charge is -2.02. The first-order valence-corrected chi connectivity index (χ1v) is 3.49. The summed E-state index contributed by atoms with van der Waals surface area (Å²) in [5.74, 6) is -1.03. The molecule has 0 unspecified atom stereocenters. The van der Waals surface area contributed by atoms with Gasteiger partial charge in [0.2, 0.25) is 0 Å². The van der Waals surface area contributed by atoms with Gasteiger partial charge >= 0.3 is 5.97 Å². The number of aliphatic hydroxyl groups is 1. The molecular formula is C7H10N2O3. The van der Waals surface area contributed by atoms with Crippen LogP contribution in [0.3, 0.4) is 0 Å². The van der Waals surface area contributed by atoms with E-state index in [9.17, 15) is 9.90 Å². The fraction of sp³-hybridized carbons (Fsp3) is 0.429. The second-order valence-electron chi connectivity index (χ2n) is 2.53. The van der Waals surface area contributed by atoms with E-state index in [1.807, 2.05) is 0 Å². The van der Waals surface area contributed by atoms with E-state index in [0.29, 0.717) is 5.69 Å². The van der Waals surface area contributed by atoms with Gasteiger partial charge in [-0.25, -0.2) is 0 Å². The summed E-state index contributed by atoms with van der Waals surface area (Å²) in [4.78, 5) is 10.2. The molecule has 2 N–H and O–H groups in total. The molecule has 1 aromatic heterocycles. The first-order valence-electron chi connectivity index (χ1n) is 3.49. The van der Waals surface area contributed by atoms with Crippen molar-refractivity contribution in [3.05, 3.63) is 18.0 Å². The molecule has 0 aliphatic heterocycles. The number of nitrogens with zero attached hydrogens (tertiary/aromatic N) is 2. The second-order valence-corrected chi connectivity index (χ2v) is 2.53. The minimum atomic E-state index is -1.03. The van der Waals surface area contributed by atoms with E-state index in [0.717, 1.165) is 0 Å². The van der Waals surface area contributed by atoms with Crippen molar-refractivity contribution in [1.29, 1.82) is 0 Å². The molecule has 0 spiro atoms. The Hall–Kier alpha value is -1.36. The van der Waals surface area contributed by atoms with Gasteiger partial charge in [0.15, 0.2) is 0 Å². The molecule has 0 amide bonds. The van der Waals surface area contributed by atoms with E-state index in [1.165, 1.54) is 4.68 Å². The Morgan fingerprint density at radius 3 is 2.92 bits per heavy atom. The summed E-state index contributed by atoms with van der Waals surface area (Å²) in [7, 11) is 1.71. The largest absolute Gasteiger partial charge is 0.481 e. The summed E-state index contributed by atoms with van der Waals surface area (Å²) in [6.07, 6.45) is 0.334. The maximum atomic E-state index is 10.2. The number of aromatic nitrogens is 2. The molecule has 0 saturated heterocycles. The topological polar surface area (TPSA) is 75.4 Å². The van der Waals surface area contributed by atoms with Crippen molar-refractivity contribution in [2.75, 3.05) is 0 Å². The Bertz CT molecular complexity index is 282. The van der Waals surface area contributed by atoms with Gasteiger partial charge in [-0.1, -0.05) is 0 Å². The molecule has 0 bridgehead atoms. The third-order valence-electron chi connectivity index (χ3n) is 1.44. The summed E-state index contributed by atoms with van der Waals surface area (Å²) in [6, 6.07) is 1.59. The summed E-state index contributed by atoms with van der Waals surface area (Å²) in [5.41, 5.74) is 0.389. The quantitative estimate of drug-likeness (QED) is 0.665. The molecule has 66 valence electrons. The average Bonchev–Trinajstić information content (AvgIpc) is 2.34. The minimum absolute atomic E-state index is 0.309. The molecule has 0 saturated carbocycles. The Balaban J connectivity index is 2.64. The Morgan fingerprint density at radius 1 is 1.83 bits per heavy atom. The van der Waals surface area contributed by atoms with E-state index in [-0.39, 0.29) is 6.42 Å². The number of hydrogen-bond acceptors (Lipinski definition) is 3. The predicted molar refractivity (Wildman–Crippen MR) is 40.4 cm³/mol. The van der Waals surface area contributed by atoms with Crippen LogP contribution in [0, 0.1) is 0 Å². The zero-order valence-corrected chi connectivity index (χ0v) is 6.64. The molecule has 0 fully saturated rings. The highest BCUT2D eigenvalue weighted by atomic mass is 16.4. The number of carboxylic acids is 1. The summed E-state index contributed by atoms with van der Waals surface area (Å²) in [6.45, 7) is 0. The monoisotopic (exact) mass is 170 g/mol. The number of rotatable bonds is 3. The number of aliphatic hydroxyl groups excluding tert-OH is 1. The van der Waals surface area contributed by atoms with Crippen LogP contribution in [0.5, 0.6) is 0 Å². The maximum absolute atomic E-state index is 10.2. The molecule has 12 heavy (non-hydrogen) atoms. The van der Waals surface area contributed by atoms with Crippen LogP contribution in [0.4, 0.5) is 0 Å². The van der Waals surface area contributed by atoms with Crippen molar-refractivity contribution in [2.45, 2.75) is 12.5 Å². The molecule has 0 aliphatic carbocycles. The zero-order chi connectivity index (χ0) is 9.14. The van der Waals surface area contributed by atoms with Crippen LogP contribution >= 0.6 is 0 Å². The van der Waals surface area contributed by atoms with Crippen molar-refractivity contribution in [1.82, 2.24) is 9.78 Å². The molecule has 0 radical (unpaired) electrons. The van der Waals surface area contributed by atoms with Crippen LogP contribution in [0.25, 0.3) is 0 Å². The van der Waals surface area contributed by atoms with Gasteiger partial charge in [0.05, 0.1) is 12.1 Å². The molecule has 5 nitrogen and oxygen atoms in total. The highest BCUT2D eigenvalue weighted by Crippen LogP contribution is 2.12. The molecule has 1 aromatic rings. The lowest BCUT2D eigenvalue weighted by molar-refractivity contribution is -0.139. The van der Waals surface area contributed by atoms with Crippen LogP contribution in [-0.2, 0) is 11.8 Å². The standard InChI is InChI=1S/C7H10N2O3/c1-9-3-2-5(8-9)6(10)4-7(11)12/h2-3,6,10H,4H2,1H3,(H,11,12)/t6-/m0/s1. The van der Waals surface area contributed by atoms with Crippen molar-refractivity contribution >= 4 is 5.97 Å². The second kappa shape index (κ2) is 3.36.